The molecule has 5 N–H and O–H groups in total. The normalized spacial score (nSPS) is 18.6. The van der Waals surface area contributed by atoms with E-state index in [0.717, 1.165) is 31.6 Å². The number of nitrogens with zero attached hydrogens (tertiary/aromatic N) is 5. The van der Waals surface area contributed by atoms with Gasteiger partial charge in [-0.05, 0) is 44.0 Å². The molecule has 2 aliphatic rings. The standard InChI is InChI=1S/C24H34N8O3.ClH/c1-24(2,26)21(33)30-11-13-31(14-12-30)22(34)27-20-8-10-32(23(35)28-20)19-5-3-17(4-6-19)15-29-9-7-18(25)16-29;/h3-6,8,10,18H,7,9,11-16,25-26H2,1-2H3,(H,27,28,34,35);1H/t18-;/m1./s1. The van der Waals surface area contributed by atoms with E-state index in [1.54, 1.807) is 35.9 Å². The molecular weight excluding hydrogens is 484 g/mol. The zero-order valence-electron chi connectivity index (χ0n) is 20.7. The van der Waals surface area contributed by atoms with E-state index in [0.29, 0.717) is 31.9 Å². The van der Waals surface area contributed by atoms with Gasteiger partial charge in [-0.15, -0.1) is 12.4 Å². The van der Waals surface area contributed by atoms with Crippen molar-refractivity contribution in [3.63, 3.8) is 0 Å². The molecule has 2 aromatic rings. The number of halogens is 1. The second kappa shape index (κ2) is 11.4. The van der Waals surface area contributed by atoms with Crippen LogP contribution in [0, 0.1) is 0 Å². The third-order valence-corrected chi connectivity index (χ3v) is 6.37. The first kappa shape index (κ1) is 27.6. The molecule has 3 heterocycles. The Morgan fingerprint density at radius 2 is 1.69 bits per heavy atom. The predicted molar refractivity (Wildman–Crippen MR) is 140 cm³/mol. The van der Waals surface area contributed by atoms with E-state index < -0.39 is 11.2 Å². The molecule has 1 atom stereocenters. The highest BCUT2D eigenvalue weighted by atomic mass is 35.5. The maximum absolute atomic E-state index is 12.6. The van der Waals surface area contributed by atoms with Gasteiger partial charge < -0.3 is 21.3 Å². The zero-order valence-corrected chi connectivity index (χ0v) is 21.5. The SMILES string of the molecule is CC(C)(N)C(=O)N1CCN(C(=O)Nc2ccn(-c3ccc(CN4CC[C@@H](N)C4)cc3)c(=O)n2)CC1.Cl. The highest BCUT2D eigenvalue weighted by molar-refractivity contribution is 5.89. The summed E-state index contributed by atoms with van der Waals surface area (Å²) in [6, 6.07) is 9.24. The van der Waals surface area contributed by atoms with Crippen molar-refractivity contribution >= 4 is 30.2 Å². The monoisotopic (exact) mass is 518 g/mol. The lowest BCUT2D eigenvalue weighted by atomic mass is 10.1. The Bertz CT molecular complexity index is 1120. The second-order valence-corrected chi connectivity index (χ2v) is 9.85. The number of nitrogens with two attached hydrogens (primary N) is 2. The summed E-state index contributed by atoms with van der Waals surface area (Å²) < 4.78 is 1.43. The average Bonchev–Trinajstić information content (AvgIpc) is 3.23. The van der Waals surface area contributed by atoms with Crippen LogP contribution >= 0.6 is 12.4 Å². The number of benzene rings is 1. The minimum atomic E-state index is -0.944. The van der Waals surface area contributed by atoms with Crippen molar-refractivity contribution in [1.82, 2.24) is 24.3 Å². The first-order valence-corrected chi connectivity index (χ1v) is 11.9. The van der Waals surface area contributed by atoms with Crippen LogP contribution < -0.4 is 22.5 Å². The number of piperazine rings is 1. The molecule has 0 radical (unpaired) electrons. The number of rotatable bonds is 5. The zero-order chi connectivity index (χ0) is 25.2. The summed E-state index contributed by atoms with van der Waals surface area (Å²) in [5, 5.41) is 2.68. The van der Waals surface area contributed by atoms with Gasteiger partial charge in [0.15, 0.2) is 0 Å². The second-order valence-electron chi connectivity index (χ2n) is 9.85. The van der Waals surface area contributed by atoms with Gasteiger partial charge in [-0.3, -0.25) is 19.6 Å². The van der Waals surface area contributed by atoms with Crippen LogP contribution in [0.15, 0.2) is 41.3 Å². The molecule has 1 aromatic carbocycles. The number of likely N-dealkylation sites (tertiary alicyclic amines) is 1. The van der Waals surface area contributed by atoms with Crippen molar-refractivity contribution in [2.45, 2.75) is 38.4 Å². The van der Waals surface area contributed by atoms with Crippen LogP contribution in [0.1, 0.15) is 25.8 Å². The Morgan fingerprint density at radius 1 is 1.06 bits per heavy atom. The van der Waals surface area contributed by atoms with Crippen LogP contribution in [0.5, 0.6) is 0 Å². The van der Waals surface area contributed by atoms with E-state index >= 15 is 0 Å². The van der Waals surface area contributed by atoms with Gasteiger partial charge in [0.1, 0.15) is 5.82 Å². The molecule has 2 saturated heterocycles. The molecule has 2 aliphatic heterocycles. The lowest BCUT2D eigenvalue weighted by Gasteiger charge is -2.37. The summed E-state index contributed by atoms with van der Waals surface area (Å²) >= 11 is 0. The number of hydrogen-bond acceptors (Lipinski definition) is 7. The molecule has 196 valence electrons. The lowest BCUT2D eigenvalue weighted by molar-refractivity contribution is -0.137. The number of amides is 3. The smallest absolute Gasteiger partial charge is 0.338 e. The molecule has 12 heteroatoms. The maximum Gasteiger partial charge on any atom is 0.354 e. The van der Waals surface area contributed by atoms with Crippen molar-refractivity contribution in [1.29, 1.82) is 0 Å². The first-order valence-electron chi connectivity index (χ1n) is 11.9. The third kappa shape index (κ3) is 6.61. The quantitative estimate of drug-likeness (QED) is 0.526. The Morgan fingerprint density at radius 3 is 2.25 bits per heavy atom. The Hall–Kier alpha value is -2.99. The van der Waals surface area contributed by atoms with Crippen LogP contribution in [0.25, 0.3) is 5.69 Å². The van der Waals surface area contributed by atoms with E-state index in [2.05, 4.69) is 15.2 Å². The number of anilines is 1. The van der Waals surface area contributed by atoms with E-state index in [1.807, 2.05) is 24.3 Å². The Kier molecular flexibility index (Phi) is 8.72. The van der Waals surface area contributed by atoms with Crippen LogP contribution in [0.3, 0.4) is 0 Å². The maximum atomic E-state index is 12.6. The van der Waals surface area contributed by atoms with Gasteiger partial charge >= 0.3 is 11.7 Å². The van der Waals surface area contributed by atoms with Gasteiger partial charge in [-0.1, -0.05) is 12.1 Å². The topological polar surface area (TPSA) is 143 Å². The first-order chi connectivity index (χ1) is 16.6. The van der Waals surface area contributed by atoms with E-state index in [9.17, 15) is 14.4 Å². The number of carbonyl (C=O) groups is 2. The summed E-state index contributed by atoms with van der Waals surface area (Å²) in [6.45, 7) is 7.63. The van der Waals surface area contributed by atoms with Crippen LogP contribution in [0.2, 0.25) is 0 Å². The molecule has 3 amide bonds. The fourth-order valence-electron chi connectivity index (χ4n) is 4.40. The molecule has 0 unspecified atom stereocenters. The average molecular weight is 519 g/mol. The largest absolute Gasteiger partial charge is 0.354 e. The highest BCUT2D eigenvalue weighted by Crippen LogP contribution is 2.15. The number of aromatic nitrogens is 2. The van der Waals surface area contributed by atoms with Crippen molar-refractivity contribution in [3.8, 4) is 5.69 Å². The summed E-state index contributed by atoms with van der Waals surface area (Å²) in [7, 11) is 0. The van der Waals surface area contributed by atoms with Crippen LogP contribution in [-0.4, -0.2) is 87.0 Å². The molecule has 1 aromatic heterocycles. The predicted octanol–water partition coefficient (Wildman–Crippen LogP) is 0.601. The van der Waals surface area contributed by atoms with E-state index in [4.69, 9.17) is 11.5 Å². The Labute approximate surface area is 216 Å². The highest BCUT2D eigenvalue weighted by Gasteiger charge is 2.31. The summed E-state index contributed by atoms with van der Waals surface area (Å²) in [5.74, 6) is 0.0379. The van der Waals surface area contributed by atoms with E-state index in [1.165, 1.54) is 4.57 Å². The molecule has 2 fully saturated rings. The minimum Gasteiger partial charge on any atom is -0.338 e. The van der Waals surface area contributed by atoms with Gasteiger partial charge in [0.2, 0.25) is 5.91 Å². The molecular formula is C24H35ClN8O3. The van der Waals surface area contributed by atoms with Crippen molar-refractivity contribution in [2.75, 3.05) is 44.6 Å². The molecule has 0 saturated carbocycles. The fourth-order valence-corrected chi connectivity index (χ4v) is 4.40. The van der Waals surface area contributed by atoms with Gasteiger partial charge in [-0.25, -0.2) is 9.59 Å². The number of hydrogen-bond donors (Lipinski definition) is 3. The van der Waals surface area contributed by atoms with E-state index in [-0.39, 0.29) is 36.2 Å². The molecule has 0 aliphatic carbocycles. The van der Waals surface area contributed by atoms with Gasteiger partial charge in [0, 0.05) is 58.1 Å². The summed E-state index contributed by atoms with van der Waals surface area (Å²) in [6.07, 6.45) is 2.62. The lowest BCUT2D eigenvalue weighted by Crippen LogP contribution is -2.58. The molecule has 4 rings (SSSR count). The number of nitrogens with one attached hydrogen (secondary N) is 1. The molecule has 11 nitrogen and oxygen atoms in total. The van der Waals surface area contributed by atoms with Gasteiger partial charge in [-0.2, -0.15) is 4.98 Å². The number of carbonyl (C=O) groups excluding carboxylic acids is 2. The third-order valence-electron chi connectivity index (χ3n) is 6.37. The van der Waals surface area contributed by atoms with Crippen molar-refractivity contribution in [3.05, 3.63) is 52.6 Å². The van der Waals surface area contributed by atoms with Gasteiger partial charge in [0.25, 0.3) is 0 Å². The Balaban J connectivity index is 0.00000361. The molecule has 0 bridgehead atoms. The summed E-state index contributed by atoms with van der Waals surface area (Å²) in [4.78, 5) is 47.2. The summed E-state index contributed by atoms with van der Waals surface area (Å²) in [5.41, 5.74) is 12.3. The van der Waals surface area contributed by atoms with Crippen molar-refractivity contribution in [2.24, 2.45) is 11.5 Å². The van der Waals surface area contributed by atoms with Crippen LogP contribution in [-0.2, 0) is 11.3 Å². The number of urea groups is 1. The van der Waals surface area contributed by atoms with Crippen LogP contribution in [0.4, 0.5) is 10.6 Å². The molecule has 0 spiro atoms. The molecule has 36 heavy (non-hydrogen) atoms. The minimum absolute atomic E-state index is 0. The van der Waals surface area contributed by atoms with Crippen molar-refractivity contribution < 1.29 is 9.59 Å². The van der Waals surface area contributed by atoms with Gasteiger partial charge in [0.05, 0.1) is 11.2 Å². The fraction of sp³-hybridized carbons (Fsp3) is 0.500.